The molecule has 0 spiro atoms. The van der Waals surface area contributed by atoms with Crippen LogP contribution in [0.3, 0.4) is 0 Å². The van der Waals surface area contributed by atoms with Crippen LogP contribution >= 0.6 is 0 Å². The zero-order chi connectivity index (χ0) is 14.7. The van der Waals surface area contributed by atoms with Gasteiger partial charge in [-0.2, -0.15) is 0 Å². The lowest BCUT2D eigenvalue weighted by Gasteiger charge is -2.13. The van der Waals surface area contributed by atoms with Crippen molar-refractivity contribution in [3.8, 4) is 17.4 Å². The Kier molecular flexibility index (Phi) is 4.03. The second-order valence-corrected chi connectivity index (χ2v) is 4.39. The molecule has 2 heterocycles. The Labute approximate surface area is 121 Å². The van der Waals surface area contributed by atoms with E-state index in [1.807, 2.05) is 0 Å². The summed E-state index contributed by atoms with van der Waals surface area (Å²) >= 11 is 0. The zero-order valence-corrected chi connectivity index (χ0v) is 11.9. The van der Waals surface area contributed by atoms with Crippen LogP contribution in [-0.4, -0.2) is 50.3 Å². The van der Waals surface area contributed by atoms with Gasteiger partial charge in [0, 0.05) is 6.07 Å². The maximum Gasteiger partial charge on any atom is 0.224 e. The number of rotatable bonds is 5. The monoisotopic (exact) mass is 292 g/mol. The molecule has 1 aromatic carbocycles. The lowest BCUT2D eigenvalue weighted by molar-refractivity contribution is -0.0689. The summed E-state index contributed by atoms with van der Waals surface area (Å²) < 4.78 is 26.9. The van der Waals surface area contributed by atoms with Crippen molar-refractivity contribution in [3.05, 3.63) is 18.5 Å². The lowest BCUT2D eigenvalue weighted by atomic mass is 10.2. The van der Waals surface area contributed by atoms with Crippen LogP contribution in [-0.2, 0) is 9.47 Å². The van der Waals surface area contributed by atoms with E-state index in [0.717, 1.165) is 5.39 Å². The second-order valence-electron chi connectivity index (χ2n) is 4.39. The van der Waals surface area contributed by atoms with Gasteiger partial charge in [0.05, 0.1) is 38.3 Å². The summed E-state index contributed by atoms with van der Waals surface area (Å²) in [6, 6.07) is 3.57. The van der Waals surface area contributed by atoms with Gasteiger partial charge in [0.25, 0.3) is 0 Å². The van der Waals surface area contributed by atoms with Gasteiger partial charge >= 0.3 is 0 Å². The normalized spacial score (nSPS) is 15.3. The van der Waals surface area contributed by atoms with E-state index >= 15 is 0 Å². The molecule has 1 aromatic heterocycles. The smallest absolute Gasteiger partial charge is 0.224 e. The summed E-state index contributed by atoms with van der Waals surface area (Å²) in [5.41, 5.74) is 0.714. The molecule has 0 atom stereocenters. The summed E-state index contributed by atoms with van der Waals surface area (Å²) in [6.45, 7) is 1.45. The van der Waals surface area contributed by atoms with Crippen molar-refractivity contribution in [3.63, 3.8) is 0 Å². The molecule has 7 nitrogen and oxygen atoms in total. The molecule has 2 aromatic rings. The molecule has 7 heteroatoms. The minimum Gasteiger partial charge on any atom is -0.493 e. The van der Waals surface area contributed by atoms with Crippen LogP contribution in [0.1, 0.15) is 0 Å². The van der Waals surface area contributed by atoms with Crippen LogP contribution in [0.15, 0.2) is 18.5 Å². The van der Waals surface area contributed by atoms with Crippen LogP contribution in [0.25, 0.3) is 10.9 Å². The SMILES string of the molecule is COc1cc2ncnc(OCC3OCCO3)c2cc1OC. The van der Waals surface area contributed by atoms with Crippen LogP contribution in [0.4, 0.5) is 0 Å². The Morgan fingerprint density at radius 3 is 2.52 bits per heavy atom. The fourth-order valence-corrected chi connectivity index (χ4v) is 2.12. The molecule has 0 bridgehead atoms. The standard InChI is InChI=1S/C14H16N2O5/c1-17-11-5-9-10(6-12(11)18-2)15-8-16-14(9)21-7-13-19-3-4-20-13/h5-6,8,13H,3-4,7H2,1-2H3. The first kappa shape index (κ1) is 13.8. The number of benzene rings is 1. The lowest BCUT2D eigenvalue weighted by Crippen LogP contribution is -2.18. The topological polar surface area (TPSA) is 71.9 Å². The molecule has 3 rings (SSSR count). The summed E-state index contributed by atoms with van der Waals surface area (Å²) in [7, 11) is 3.16. The highest BCUT2D eigenvalue weighted by Gasteiger charge is 2.18. The molecule has 112 valence electrons. The Morgan fingerprint density at radius 2 is 1.81 bits per heavy atom. The van der Waals surface area contributed by atoms with E-state index in [4.69, 9.17) is 23.7 Å². The van der Waals surface area contributed by atoms with Gasteiger partial charge in [-0.05, 0) is 6.07 Å². The molecule has 21 heavy (non-hydrogen) atoms. The first-order valence-corrected chi connectivity index (χ1v) is 6.54. The molecule has 0 aliphatic carbocycles. The van der Waals surface area contributed by atoms with Crippen LogP contribution in [0.5, 0.6) is 17.4 Å². The largest absolute Gasteiger partial charge is 0.493 e. The first-order valence-electron chi connectivity index (χ1n) is 6.54. The van der Waals surface area contributed by atoms with Gasteiger partial charge in [0.1, 0.15) is 12.9 Å². The van der Waals surface area contributed by atoms with Crippen molar-refractivity contribution in [1.82, 2.24) is 9.97 Å². The predicted molar refractivity (Wildman–Crippen MR) is 73.8 cm³/mol. The van der Waals surface area contributed by atoms with Gasteiger partial charge < -0.3 is 23.7 Å². The molecule has 1 aliphatic rings. The maximum atomic E-state index is 5.68. The van der Waals surface area contributed by atoms with Crippen LogP contribution < -0.4 is 14.2 Å². The number of ether oxygens (including phenoxy) is 5. The summed E-state index contributed by atoms with van der Waals surface area (Å²) in [4.78, 5) is 8.37. The van der Waals surface area contributed by atoms with Crippen molar-refractivity contribution in [2.75, 3.05) is 34.0 Å². The number of methoxy groups -OCH3 is 2. The van der Waals surface area contributed by atoms with Crippen LogP contribution in [0.2, 0.25) is 0 Å². The van der Waals surface area contributed by atoms with Gasteiger partial charge in [-0.3, -0.25) is 0 Å². The van der Waals surface area contributed by atoms with Gasteiger partial charge in [0.15, 0.2) is 17.8 Å². The molecular formula is C14H16N2O5. The summed E-state index contributed by atoms with van der Waals surface area (Å²) in [5, 5.41) is 0.744. The summed E-state index contributed by atoms with van der Waals surface area (Å²) in [6.07, 6.45) is 1.09. The average Bonchev–Trinajstić information content (AvgIpc) is 3.04. The Morgan fingerprint density at radius 1 is 1.10 bits per heavy atom. The minimum absolute atomic E-state index is 0.278. The van der Waals surface area contributed by atoms with E-state index in [-0.39, 0.29) is 12.9 Å². The van der Waals surface area contributed by atoms with Crippen molar-refractivity contribution in [2.45, 2.75) is 6.29 Å². The fourth-order valence-electron chi connectivity index (χ4n) is 2.12. The Balaban J connectivity index is 1.90. The van der Waals surface area contributed by atoms with E-state index in [2.05, 4.69) is 9.97 Å². The molecule has 0 saturated carbocycles. The fraction of sp³-hybridized carbons (Fsp3) is 0.429. The molecule has 1 saturated heterocycles. The van der Waals surface area contributed by atoms with E-state index in [1.165, 1.54) is 6.33 Å². The Hall–Kier alpha value is -2.12. The van der Waals surface area contributed by atoms with Crippen LogP contribution in [0, 0.1) is 0 Å². The number of fused-ring (bicyclic) bond motifs is 1. The first-order chi connectivity index (χ1) is 10.3. The molecule has 0 unspecified atom stereocenters. The highest BCUT2D eigenvalue weighted by atomic mass is 16.7. The highest BCUT2D eigenvalue weighted by Crippen LogP contribution is 2.34. The third-order valence-corrected chi connectivity index (χ3v) is 3.15. The van der Waals surface area contributed by atoms with E-state index in [9.17, 15) is 0 Å². The Bertz CT molecular complexity index is 628. The van der Waals surface area contributed by atoms with Gasteiger partial charge in [-0.25, -0.2) is 9.97 Å². The molecule has 0 amide bonds. The summed E-state index contributed by atoms with van der Waals surface area (Å²) in [5.74, 6) is 1.66. The quantitative estimate of drug-likeness (QED) is 0.824. The van der Waals surface area contributed by atoms with Crippen molar-refractivity contribution >= 4 is 10.9 Å². The maximum absolute atomic E-state index is 5.68. The van der Waals surface area contributed by atoms with E-state index < -0.39 is 0 Å². The second kappa shape index (κ2) is 6.11. The molecular weight excluding hydrogens is 276 g/mol. The van der Waals surface area contributed by atoms with E-state index in [0.29, 0.717) is 36.1 Å². The number of aromatic nitrogens is 2. The molecule has 1 aliphatic heterocycles. The minimum atomic E-state index is -0.352. The van der Waals surface area contributed by atoms with Gasteiger partial charge in [-0.15, -0.1) is 0 Å². The number of hydrogen-bond acceptors (Lipinski definition) is 7. The van der Waals surface area contributed by atoms with Crippen molar-refractivity contribution in [2.24, 2.45) is 0 Å². The molecule has 0 N–H and O–H groups in total. The molecule has 1 fully saturated rings. The third-order valence-electron chi connectivity index (χ3n) is 3.15. The van der Waals surface area contributed by atoms with Crippen molar-refractivity contribution < 1.29 is 23.7 Å². The van der Waals surface area contributed by atoms with E-state index in [1.54, 1.807) is 26.4 Å². The molecule has 0 radical (unpaired) electrons. The third kappa shape index (κ3) is 2.84. The van der Waals surface area contributed by atoms with Gasteiger partial charge in [0.2, 0.25) is 5.88 Å². The average molecular weight is 292 g/mol. The van der Waals surface area contributed by atoms with Crippen molar-refractivity contribution in [1.29, 1.82) is 0 Å². The zero-order valence-electron chi connectivity index (χ0n) is 11.9. The van der Waals surface area contributed by atoms with Gasteiger partial charge in [-0.1, -0.05) is 0 Å². The predicted octanol–water partition coefficient (Wildman–Crippen LogP) is 1.40. The number of nitrogens with zero attached hydrogens (tertiary/aromatic N) is 2. The highest BCUT2D eigenvalue weighted by molar-refractivity contribution is 5.86. The number of hydrogen-bond donors (Lipinski definition) is 0.